The van der Waals surface area contributed by atoms with Crippen LogP contribution in [0.2, 0.25) is 0 Å². The molecule has 0 heterocycles. The van der Waals surface area contributed by atoms with Gasteiger partial charge in [-0.15, -0.1) is 11.8 Å². The van der Waals surface area contributed by atoms with Crippen molar-refractivity contribution in [3.63, 3.8) is 0 Å². The molecule has 1 aliphatic carbocycles. The monoisotopic (exact) mass is 353 g/mol. The summed E-state index contributed by atoms with van der Waals surface area (Å²) in [6.45, 7) is 1.35. The van der Waals surface area contributed by atoms with Gasteiger partial charge in [0.15, 0.2) is 5.78 Å². The number of carboxylic acids is 1. The molecule has 1 aromatic rings. The molecular weight excluding hydrogens is 333 g/mol. The maximum atomic E-state index is 13.9. The summed E-state index contributed by atoms with van der Waals surface area (Å²) in [5.41, 5.74) is -0.930. The van der Waals surface area contributed by atoms with Crippen molar-refractivity contribution in [3.8, 4) is 0 Å². The predicted molar refractivity (Wildman–Crippen MR) is 88.7 cm³/mol. The lowest BCUT2D eigenvalue weighted by atomic mass is 9.81. The van der Waals surface area contributed by atoms with E-state index in [9.17, 15) is 23.9 Å². The number of benzene rings is 1. The highest BCUT2D eigenvalue weighted by Crippen LogP contribution is 2.29. The van der Waals surface area contributed by atoms with Crippen LogP contribution in [-0.4, -0.2) is 34.1 Å². The Morgan fingerprint density at radius 1 is 1.25 bits per heavy atom. The zero-order valence-corrected chi connectivity index (χ0v) is 14.2. The molecule has 1 aromatic carbocycles. The second-order valence-corrected chi connectivity index (χ2v) is 7.00. The Balaban J connectivity index is 1.97. The molecule has 130 valence electrons. The molecule has 0 atom stereocenters. The average molecular weight is 353 g/mol. The first-order valence-corrected chi connectivity index (χ1v) is 8.80. The van der Waals surface area contributed by atoms with E-state index >= 15 is 0 Å². The van der Waals surface area contributed by atoms with E-state index in [0.29, 0.717) is 12.8 Å². The first-order chi connectivity index (χ1) is 11.3. The Morgan fingerprint density at radius 2 is 1.92 bits per heavy atom. The third-order valence-corrected chi connectivity index (χ3v) is 5.24. The predicted octanol–water partition coefficient (Wildman–Crippen LogP) is 3.02. The number of Topliss-reactive ketones (excluding diaryl/α,β-unsaturated/α-hetero) is 1. The van der Waals surface area contributed by atoms with Crippen LogP contribution >= 0.6 is 11.8 Å². The van der Waals surface area contributed by atoms with Crippen molar-refractivity contribution >= 4 is 29.4 Å². The molecular formula is C17H20FNO4S. The summed E-state index contributed by atoms with van der Waals surface area (Å²) in [5.74, 6) is -2.32. The van der Waals surface area contributed by atoms with Crippen molar-refractivity contribution in [1.29, 1.82) is 0 Å². The Kier molecular flexibility index (Phi) is 5.99. The molecule has 24 heavy (non-hydrogen) atoms. The number of carbonyl (C=O) groups is 3. The Hall–Kier alpha value is -1.89. The molecule has 1 fully saturated rings. The molecule has 2 N–H and O–H groups in total. The molecule has 0 bridgehead atoms. The van der Waals surface area contributed by atoms with Crippen LogP contribution in [0.5, 0.6) is 0 Å². The van der Waals surface area contributed by atoms with Gasteiger partial charge >= 0.3 is 5.97 Å². The summed E-state index contributed by atoms with van der Waals surface area (Å²) in [6.07, 6.45) is 3.33. The van der Waals surface area contributed by atoms with Gasteiger partial charge in [0.2, 0.25) is 5.91 Å². The van der Waals surface area contributed by atoms with Crippen LogP contribution < -0.4 is 5.32 Å². The van der Waals surface area contributed by atoms with Gasteiger partial charge in [-0.1, -0.05) is 25.3 Å². The number of thioether (sulfide) groups is 1. The summed E-state index contributed by atoms with van der Waals surface area (Å²) in [7, 11) is 0. The Labute approximate surface area is 144 Å². The number of carbonyl (C=O) groups excluding carboxylic acids is 2. The SMILES string of the molecule is CC(=O)c1ccc(SCC(=O)NC2(C(=O)O)CCCCC2)c(F)c1. The molecule has 2 rings (SSSR count). The van der Waals surface area contributed by atoms with Crippen LogP contribution in [0.3, 0.4) is 0 Å². The van der Waals surface area contributed by atoms with Gasteiger partial charge in [-0.05, 0) is 31.9 Å². The number of halogens is 1. The highest BCUT2D eigenvalue weighted by atomic mass is 32.2. The summed E-state index contributed by atoms with van der Waals surface area (Å²) < 4.78 is 13.9. The van der Waals surface area contributed by atoms with Gasteiger partial charge in [0.1, 0.15) is 11.4 Å². The van der Waals surface area contributed by atoms with E-state index in [0.717, 1.165) is 37.1 Å². The molecule has 5 nitrogen and oxygen atoms in total. The zero-order valence-electron chi connectivity index (χ0n) is 13.4. The van der Waals surface area contributed by atoms with Crippen molar-refractivity contribution in [2.24, 2.45) is 0 Å². The van der Waals surface area contributed by atoms with Gasteiger partial charge in [0.05, 0.1) is 5.75 Å². The highest BCUT2D eigenvalue weighted by molar-refractivity contribution is 8.00. The lowest BCUT2D eigenvalue weighted by molar-refractivity contribution is -0.148. The molecule has 0 aromatic heterocycles. The molecule has 0 saturated heterocycles. The van der Waals surface area contributed by atoms with Crippen molar-refractivity contribution in [2.75, 3.05) is 5.75 Å². The number of aliphatic carboxylic acids is 1. The van der Waals surface area contributed by atoms with Crippen molar-refractivity contribution in [1.82, 2.24) is 5.32 Å². The number of nitrogens with one attached hydrogen (secondary N) is 1. The van der Waals surface area contributed by atoms with Crippen molar-refractivity contribution < 1.29 is 23.9 Å². The summed E-state index contributed by atoms with van der Waals surface area (Å²) in [5, 5.41) is 12.1. The van der Waals surface area contributed by atoms with Gasteiger partial charge in [-0.3, -0.25) is 9.59 Å². The highest BCUT2D eigenvalue weighted by Gasteiger charge is 2.40. The largest absolute Gasteiger partial charge is 0.480 e. The number of carboxylic acid groups (broad SMARTS) is 1. The van der Waals surface area contributed by atoms with E-state index in [1.807, 2.05) is 0 Å². The first-order valence-electron chi connectivity index (χ1n) is 7.82. The van der Waals surface area contributed by atoms with Crippen LogP contribution in [0.4, 0.5) is 4.39 Å². The molecule has 1 aliphatic rings. The number of rotatable bonds is 6. The molecule has 1 amide bonds. The molecule has 0 unspecified atom stereocenters. The third kappa shape index (κ3) is 4.35. The van der Waals surface area contributed by atoms with Crippen LogP contribution in [0, 0.1) is 5.82 Å². The summed E-state index contributed by atoms with van der Waals surface area (Å²) in [6, 6.07) is 4.10. The van der Waals surface area contributed by atoms with E-state index in [1.165, 1.54) is 19.1 Å². The number of ketones is 1. The summed E-state index contributed by atoms with van der Waals surface area (Å²) >= 11 is 0.983. The second kappa shape index (κ2) is 7.79. The summed E-state index contributed by atoms with van der Waals surface area (Å²) in [4.78, 5) is 35.1. The molecule has 0 spiro atoms. The molecule has 7 heteroatoms. The molecule has 0 aliphatic heterocycles. The van der Waals surface area contributed by atoms with Gasteiger partial charge in [0.25, 0.3) is 0 Å². The van der Waals surface area contributed by atoms with E-state index in [-0.39, 0.29) is 22.0 Å². The van der Waals surface area contributed by atoms with Crippen LogP contribution in [0.25, 0.3) is 0 Å². The number of hydrogen-bond acceptors (Lipinski definition) is 4. The van der Waals surface area contributed by atoms with Crippen LogP contribution in [0.15, 0.2) is 23.1 Å². The van der Waals surface area contributed by atoms with Gasteiger partial charge in [0, 0.05) is 10.5 Å². The lowest BCUT2D eigenvalue weighted by Gasteiger charge is -2.33. The minimum absolute atomic E-state index is 0.0780. The van der Waals surface area contributed by atoms with E-state index in [1.54, 1.807) is 0 Å². The zero-order chi connectivity index (χ0) is 17.7. The van der Waals surface area contributed by atoms with E-state index in [2.05, 4.69) is 5.32 Å². The average Bonchev–Trinajstić information content (AvgIpc) is 2.54. The lowest BCUT2D eigenvalue weighted by Crippen LogP contribution is -2.56. The fourth-order valence-corrected chi connectivity index (χ4v) is 3.55. The quantitative estimate of drug-likeness (QED) is 0.607. The standard InChI is InChI=1S/C17H20FNO4S/c1-11(20)12-5-6-14(13(18)9-12)24-10-15(21)19-17(16(22)23)7-3-2-4-8-17/h5-6,9H,2-4,7-8,10H2,1H3,(H,19,21)(H,22,23). The Morgan fingerprint density at radius 3 is 2.46 bits per heavy atom. The second-order valence-electron chi connectivity index (χ2n) is 5.99. The van der Waals surface area contributed by atoms with Crippen molar-refractivity contribution in [2.45, 2.75) is 49.5 Å². The van der Waals surface area contributed by atoms with E-state index < -0.39 is 23.2 Å². The van der Waals surface area contributed by atoms with Crippen LogP contribution in [-0.2, 0) is 9.59 Å². The molecule has 1 saturated carbocycles. The van der Waals surface area contributed by atoms with Gasteiger partial charge in [-0.2, -0.15) is 0 Å². The third-order valence-electron chi connectivity index (χ3n) is 4.19. The fourth-order valence-electron chi connectivity index (χ4n) is 2.83. The number of amides is 1. The smallest absolute Gasteiger partial charge is 0.329 e. The minimum atomic E-state index is -1.20. The number of hydrogen-bond donors (Lipinski definition) is 2. The maximum Gasteiger partial charge on any atom is 0.329 e. The normalized spacial score (nSPS) is 16.4. The Bertz CT molecular complexity index is 656. The first kappa shape index (κ1) is 18.4. The van der Waals surface area contributed by atoms with Gasteiger partial charge < -0.3 is 10.4 Å². The van der Waals surface area contributed by atoms with Crippen molar-refractivity contribution in [3.05, 3.63) is 29.6 Å². The maximum absolute atomic E-state index is 13.9. The fraction of sp³-hybridized carbons (Fsp3) is 0.471. The minimum Gasteiger partial charge on any atom is -0.480 e. The molecule has 0 radical (unpaired) electrons. The van der Waals surface area contributed by atoms with Crippen LogP contribution in [0.1, 0.15) is 49.4 Å². The topological polar surface area (TPSA) is 83.5 Å². The van der Waals surface area contributed by atoms with E-state index in [4.69, 9.17) is 0 Å². The van der Waals surface area contributed by atoms with Gasteiger partial charge in [-0.25, -0.2) is 9.18 Å².